The smallest absolute Gasteiger partial charge is 0.359 e. The van der Waals surface area contributed by atoms with Crippen molar-refractivity contribution in [1.82, 2.24) is 4.72 Å². The lowest BCUT2D eigenvalue weighted by atomic mass is 10.3. The first-order chi connectivity index (χ1) is 11.5. The zero-order valence-electron chi connectivity index (χ0n) is 13.2. The average Bonchev–Trinajstić information content (AvgIpc) is 2.41. The summed E-state index contributed by atoms with van der Waals surface area (Å²) in [4.78, 5) is 23.1. The minimum Gasteiger partial charge on any atom is -0.489 e. The molecular formula is C13H16Cl2N2O6S2. The van der Waals surface area contributed by atoms with Crippen LogP contribution in [-0.4, -0.2) is 42.4 Å². The highest BCUT2D eigenvalue weighted by molar-refractivity contribution is 8.00. The maximum atomic E-state index is 11.9. The van der Waals surface area contributed by atoms with Crippen LogP contribution in [0.2, 0.25) is 10.0 Å². The molecule has 3 N–H and O–H groups in total. The molecule has 0 fully saturated rings. The number of halogens is 2. The SMILES string of the molecule is CC(C)Oc1cc(NC(=O)CSCC(=O)NS(=O)(=O)O)c(Cl)cc1Cl. The standard InChI is InChI=1S/C13H16Cl2N2O6S2/c1-7(2)23-11-4-10(8(14)3-9(11)15)16-12(18)5-24-6-13(19)17-25(20,21)22/h3-4,7H,5-6H2,1-2H3,(H,16,18)(H,17,19)(H,20,21,22). The Morgan fingerprint density at radius 3 is 2.36 bits per heavy atom. The number of thioether (sulfide) groups is 1. The lowest BCUT2D eigenvalue weighted by Crippen LogP contribution is -2.31. The minimum atomic E-state index is -4.60. The van der Waals surface area contributed by atoms with Gasteiger partial charge in [0.25, 0.3) is 0 Å². The molecule has 0 radical (unpaired) electrons. The zero-order valence-corrected chi connectivity index (χ0v) is 16.4. The van der Waals surface area contributed by atoms with Crippen LogP contribution in [0.5, 0.6) is 5.75 Å². The van der Waals surface area contributed by atoms with E-state index in [0.29, 0.717) is 10.8 Å². The van der Waals surface area contributed by atoms with Gasteiger partial charge in [-0.3, -0.25) is 14.1 Å². The summed E-state index contributed by atoms with van der Waals surface area (Å²) in [6, 6.07) is 2.92. The van der Waals surface area contributed by atoms with Crippen molar-refractivity contribution in [3.8, 4) is 5.75 Å². The maximum absolute atomic E-state index is 11.9. The van der Waals surface area contributed by atoms with E-state index in [2.05, 4.69) is 5.32 Å². The van der Waals surface area contributed by atoms with Crippen molar-refractivity contribution in [2.24, 2.45) is 0 Å². The summed E-state index contributed by atoms with van der Waals surface area (Å²) < 4.78 is 36.2. The number of anilines is 1. The molecule has 1 aromatic rings. The number of amides is 2. The van der Waals surface area contributed by atoms with Gasteiger partial charge >= 0.3 is 10.3 Å². The predicted molar refractivity (Wildman–Crippen MR) is 97.9 cm³/mol. The van der Waals surface area contributed by atoms with Crippen molar-refractivity contribution in [3.63, 3.8) is 0 Å². The number of rotatable bonds is 8. The summed E-state index contributed by atoms with van der Waals surface area (Å²) in [5.74, 6) is -1.53. The van der Waals surface area contributed by atoms with Gasteiger partial charge in [0.2, 0.25) is 11.8 Å². The van der Waals surface area contributed by atoms with Crippen LogP contribution in [0, 0.1) is 0 Å². The van der Waals surface area contributed by atoms with Crippen LogP contribution >= 0.6 is 35.0 Å². The molecule has 0 bridgehead atoms. The van der Waals surface area contributed by atoms with Crippen molar-refractivity contribution in [3.05, 3.63) is 22.2 Å². The maximum Gasteiger partial charge on any atom is 0.359 e. The van der Waals surface area contributed by atoms with Crippen LogP contribution in [-0.2, 0) is 19.9 Å². The highest BCUT2D eigenvalue weighted by Crippen LogP contribution is 2.34. The van der Waals surface area contributed by atoms with Gasteiger partial charge in [0.05, 0.1) is 33.3 Å². The van der Waals surface area contributed by atoms with E-state index in [-0.39, 0.29) is 28.3 Å². The van der Waals surface area contributed by atoms with Gasteiger partial charge in [-0.2, -0.15) is 8.42 Å². The number of carbonyl (C=O) groups is 2. The average molecular weight is 431 g/mol. The van der Waals surface area contributed by atoms with E-state index in [1.54, 1.807) is 0 Å². The van der Waals surface area contributed by atoms with E-state index < -0.39 is 22.1 Å². The second-order valence-corrected chi connectivity index (χ2v) is 7.92. The van der Waals surface area contributed by atoms with Crippen LogP contribution < -0.4 is 14.8 Å². The normalized spacial score (nSPS) is 11.3. The predicted octanol–water partition coefficient (Wildman–Crippen LogP) is 2.37. The van der Waals surface area contributed by atoms with Crippen LogP contribution in [0.3, 0.4) is 0 Å². The van der Waals surface area contributed by atoms with E-state index in [0.717, 1.165) is 11.8 Å². The number of carbonyl (C=O) groups excluding carboxylic acids is 2. The highest BCUT2D eigenvalue weighted by Gasteiger charge is 2.14. The Morgan fingerprint density at radius 1 is 1.20 bits per heavy atom. The first-order valence-corrected chi connectivity index (χ1v) is 10.1. The Labute approximate surface area is 159 Å². The van der Waals surface area contributed by atoms with Crippen molar-refractivity contribution in [2.45, 2.75) is 20.0 Å². The second-order valence-electron chi connectivity index (χ2n) is 4.97. The molecule has 0 aliphatic carbocycles. The fourth-order valence-corrected chi connectivity index (χ4v) is 3.11. The van der Waals surface area contributed by atoms with Crippen LogP contribution in [0.25, 0.3) is 0 Å². The summed E-state index contributed by atoms with van der Waals surface area (Å²) in [7, 11) is -4.60. The van der Waals surface area contributed by atoms with E-state index in [4.69, 9.17) is 32.5 Å². The van der Waals surface area contributed by atoms with Crippen molar-refractivity contribution >= 4 is 62.8 Å². The summed E-state index contributed by atoms with van der Waals surface area (Å²) in [5, 5.41) is 3.05. The third kappa shape index (κ3) is 8.63. The topological polar surface area (TPSA) is 122 Å². The molecule has 0 aliphatic heterocycles. The molecule has 0 aromatic heterocycles. The van der Waals surface area contributed by atoms with Crippen LogP contribution in [0.15, 0.2) is 12.1 Å². The zero-order chi connectivity index (χ0) is 19.2. The van der Waals surface area contributed by atoms with E-state index in [1.807, 2.05) is 13.8 Å². The van der Waals surface area contributed by atoms with Crippen molar-refractivity contribution in [1.29, 1.82) is 0 Å². The molecule has 0 aliphatic rings. The highest BCUT2D eigenvalue weighted by atomic mass is 35.5. The molecule has 1 rings (SSSR count). The summed E-state index contributed by atoms with van der Waals surface area (Å²) in [6.45, 7) is 3.63. The molecule has 12 heteroatoms. The molecule has 0 heterocycles. The number of hydrogen-bond acceptors (Lipinski definition) is 6. The molecule has 0 atom stereocenters. The third-order valence-corrected chi connectivity index (χ3v) is 4.39. The molecule has 25 heavy (non-hydrogen) atoms. The van der Waals surface area contributed by atoms with Gasteiger partial charge < -0.3 is 10.1 Å². The Balaban J connectivity index is 2.61. The van der Waals surface area contributed by atoms with Gasteiger partial charge in [-0.15, -0.1) is 11.8 Å². The van der Waals surface area contributed by atoms with Crippen molar-refractivity contribution < 1.29 is 27.3 Å². The van der Waals surface area contributed by atoms with Gasteiger partial charge in [-0.05, 0) is 19.9 Å². The number of hydrogen-bond donors (Lipinski definition) is 3. The molecule has 8 nitrogen and oxygen atoms in total. The van der Waals surface area contributed by atoms with E-state index >= 15 is 0 Å². The lowest BCUT2D eigenvalue weighted by molar-refractivity contribution is -0.117. The van der Waals surface area contributed by atoms with Gasteiger partial charge in [0, 0.05) is 6.07 Å². The fraction of sp³-hybridized carbons (Fsp3) is 0.385. The number of benzene rings is 1. The molecule has 0 unspecified atom stereocenters. The third-order valence-electron chi connectivity index (χ3n) is 2.37. The van der Waals surface area contributed by atoms with Gasteiger partial charge in [0.1, 0.15) is 5.75 Å². The Hall–Kier alpha value is -1.20. The molecule has 0 saturated heterocycles. The second kappa shape index (κ2) is 9.48. The monoisotopic (exact) mass is 430 g/mol. The minimum absolute atomic E-state index is 0.126. The van der Waals surface area contributed by atoms with Crippen LogP contribution in [0.4, 0.5) is 5.69 Å². The lowest BCUT2D eigenvalue weighted by Gasteiger charge is -2.14. The first kappa shape index (κ1) is 21.8. The Morgan fingerprint density at radius 2 is 1.80 bits per heavy atom. The summed E-state index contributed by atoms with van der Waals surface area (Å²) >= 11 is 12.9. The number of ether oxygens (including phenoxy) is 1. The van der Waals surface area contributed by atoms with Gasteiger partial charge in [0.15, 0.2) is 0 Å². The molecular weight excluding hydrogens is 415 g/mol. The molecule has 0 saturated carbocycles. The van der Waals surface area contributed by atoms with Gasteiger partial charge in [-0.25, -0.2) is 4.72 Å². The van der Waals surface area contributed by atoms with E-state index in [9.17, 15) is 18.0 Å². The summed E-state index contributed by atoms with van der Waals surface area (Å²) in [5.41, 5.74) is 0.287. The molecule has 0 spiro atoms. The van der Waals surface area contributed by atoms with Crippen molar-refractivity contribution in [2.75, 3.05) is 16.8 Å². The molecule has 2 amide bonds. The largest absolute Gasteiger partial charge is 0.489 e. The quantitative estimate of drug-likeness (QED) is 0.540. The Kier molecular flexibility index (Phi) is 8.29. The Bertz CT molecular complexity index is 755. The molecule has 140 valence electrons. The van der Waals surface area contributed by atoms with Crippen LogP contribution in [0.1, 0.15) is 13.8 Å². The molecule has 1 aromatic carbocycles. The fourth-order valence-electron chi connectivity index (χ4n) is 1.57. The summed E-state index contributed by atoms with van der Waals surface area (Å²) in [6.07, 6.45) is -0.126. The first-order valence-electron chi connectivity index (χ1n) is 6.79. The van der Waals surface area contributed by atoms with E-state index in [1.165, 1.54) is 16.9 Å². The number of nitrogens with one attached hydrogen (secondary N) is 2. The van der Waals surface area contributed by atoms with Gasteiger partial charge in [-0.1, -0.05) is 23.2 Å².